The zero-order chi connectivity index (χ0) is 16.8. The third-order valence-corrected chi connectivity index (χ3v) is 4.72. The lowest BCUT2D eigenvalue weighted by molar-refractivity contribution is 0.283. The second kappa shape index (κ2) is 21.9. The topological polar surface area (TPSA) is 32.3 Å². The summed E-state index contributed by atoms with van der Waals surface area (Å²) in [5.74, 6) is 0. The third kappa shape index (κ3) is 21.9. The highest BCUT2D eigenvalue weighted by Gasteiger charge is 1.94. The first-order chi connectivity index (χ1) is 11.4. The molecular weight excluding hydrogens is 282 g/mol. The van der Waals surface area contributed by atoms with Crippen molar-refractivity contribution >= 4 is 0 Å². The number of hydrogen-bond donors (Lipinski definition) is 2. The molecule has 0 fully saturated rings. The molecule has 23 heavy (non-hydrogen) atoms. The molecule has 0 aliphatic heterocycles. The Kier molecular flexibility index (Phi) is 21.8. The molecule has 0 unspecified atom stereocenters. The Labute approximate surface area is 146 Å². The number of aliphatic hydroxyl groups is 1. The second-order valence-corrected chi connectivity index (χ2v) is 7.13. The zero-order valence-corrected chi connectivity index (χ0v) is 16.1. The molecule has 0 rings (SSSR count). The van der Waals surface area contributed by atoms with Crippen molar-refractivity contribution in [2.75, 3.05) is 19.7 Å². The first-order valence-corrected chi connectivity index (χ1v) is 10.7. The Morgan fingerprint density at radius 3 is 1.22 bits per heavy atom. The lowest BCUT2D eigenvalue weighted by atomic mass is 10.0. The van der Waals surface area contributed by atoms with Crippen LogP contribution in [0.5, 0.6) is 0 Å². The van der Waals surface area contributed by atoms with Crippen molar-refractivity contribution in [1.29, 1.82) is 0 Å². The van der Waals surface area contributed by atoms with Crippen LogP contribution in [0.2, 0.25) is 0 Å². The molecule has 0 aromatic carbocycles. The minimum absolute atomic E-state index is 0.346. The maximum atomic E-state index is 8.69. The second-order valence-electron chi connectivity index (χ2n) is 7.13. The van der Waals surface area contributed by atoms with Gasteiger partial charge in [0.15, 0.2) is 0 Å². The Hall–Kier alpha value is -0.0800. The van der Waals surface area contributed by atoms with E-state index in [2.05, 4.69) is 12.2 Å². The van der Waals surface area contributed by atoms with Crippen LogP contribution in [-0.2, 0) is 0 Å². The highest BCUT2D eigenvalue weighted by Crippen LogP contribution is 2.12. The Morgan fingerprint density at radius 1 is 0.478 bits per heavy atom. The van der Waals surface area contributed by atoms with E-state index in [0.29, 0.717) is 6.61 Å². The molecule has 0 saturated carbocycles. The molecule has 0 atom stereocenters. The molecular formula is C21H45NO. The molecule has 0 saturated heterocycles. The molecule has 0 radical (unpaired) electrons. The maximum absolute atomic E-state index is 8.69. The van der Waals surface area contributed by atoms with Gasteiger partial charge in [0.05, 0.1) is 0 Å². The number of aliphatic hydroxyl groups excluding tert-OH is 1. The van der Waals surface area contributed by atoms with Crippen LogP contribution in [0.1, 0.15) is 116 Å². The number of unbranched alkanes of at least 4 members (excludes halogenated alkanes) is 15. The Balaban J connectivity index is 2.92. The average molecular weight is 328 g/mol. The lowest BCUT2D eigenvalue weighted by Gasteiger charge is -2.05. The molecule has 2 nitrogen and oxygen atoms in total. The van der Waals surface area contributed by atoms with Gasteiger partial charge < -0.3 is 10.4 Å². The first kappa shape index (κ1) is 22.9. The molecule has 0 aliphatic carbocycles. The van der Waals surface area contributed by atoms with Crippen LogP contribution in [0.15, 0.2) is 0 Å². The first-order valence-electron chi connectivity index (χ1n) is 10.7. The van der Waals surface area contributed by atoms with Gasteiger partial charge in [0.2, 0.25) is 0 Å². The third-order valence-electron chi connectivity index (χ3n) is 4.72. The van der Waals surface area contributed by atoms with E-state index in [1.165, 1.54) is 103 Å². The summed E-state index contributed by atoms with van der Waals surface area (Å²) in [4.78, 5) is 0. The molecule has 140 valence electrons. The molecule has 0 bridgehead atoms. The van der Waals surface area contributed by atoms with E-state index in [4.69, 9.17) is 5.11 Å². The van der Waals surface area contributed by atoms with Crippen molar-refractivity contribution in [3.05, 3.63) is 0 Å². The molecule has 0 amide bonds. The van der Waals surface area contributed by atoms with Crippen LogP contribution in [0, 0.1) is 0 Å². The summed E-state index contributed by atoms with van der Waals surface area (Å²) in [7, 11) is 0. The SMILES string of the molecule is CCCCCCCCCCCCCCCCNCCCCCO. The van der Waals surface area contributed by atoms with Crippen LogP contribution in [0.3, 0.4) is 0 Å². The quantitative estimate of drug-likeness (QED) is 0.260. The molecule has 2 heteroatoms. The highest BCUT2D eigenvalue weighted by atomic mass is 16.2. The van der Waals surface area contributed by atoms with Crippen molar-refractivity contribution in [3.8, 4) is 0 Å². The van der Waals surface area contributed by atoms with Gasteiger partial charge in [-0.15, -0.1) is 0 Å². The van der Waals surface area contributed by atoms with Gasteiger partial charge in [-0.1, -0.05) is 90.4 Å². The largest absolute Gasteiger partial charge is 0.396 e. The molecule has 0 spiro atoms. The summed E-state index contributed by atoms with van der Waals surface area (Å²) in [5.41, 5.74) is 0. The van der Waals surface area contributed by atoms with E-state index >= 15 is 0 Å². The minimum Gasteiger partial charge on any atom is -0.396 e. The lowest BCUT2D eigenvalue weighted by Crippen LogP contribution is -2.16. The predicted octanol–water partition coefficient (Wildman–Crippen LogP) is 6.22. The van der Waals surface area contributed by atoms with Crippen LogP contribution in [-0.4, -0.2) is 24.8 Å². The van der Waals surface area contributed by atoms with Gasteiger partial charge >= 0.3 is 0 Å². The summed E-state index contributed by atoms with van der Waals surface area (Å²) < 4.78 is 0. The molecule has 0 aromatic rings. The molecule has 0 aromatic heterocycles. The van der Waals surface area contributed by atoms with Crippen molar-refractivity contribution in [1.82, 2.24) is 5.32 Å². The Morgan fingerprint density at radius 2 is 0.826 bits per heavy atom. The van der Waals surface area contributed by atoms with Gasteiger partial charge in [0, 0.05) is 6.61 Å². The molecule has 0 aliphatic rings. The van der Waals surface area contributed by atoms with Crippen molar-refractivity contribution in [3.63, 3.8) is 0 Å². The van der Waals surface area contributed by atoms with Crippen LogP contribution in [0.4, 0.5) is 0 Å². The molecule has 2 N–H and O–H groups in total. The van der Waals surface area contributed by atoms with E-state index in [-0.39, 0.29) is 0 Å². The van der Waals surface area contributed by atoms with Gasteiger partial charge in [0.25, 0.3) is 0 Å². The number of nitrogens with one attached hydrogen (secondary N) is 1. The monoisotopic (exact) mass is 327 g/mol. The summed E-state index contributed by atoms with van der Waals surface area (Å²) in [6.07, 6.45) is 23.4. The molecule has 0 heterocycles. The van der Waals surface area contributed by atoms with Crippen LogP contribution >= 0.6 is 0 Å². The van der Waals surface area contributed by atoms with Gasteiger partial charge in [-0.25, -0.2) is 0 Å². The summed E-state index contributed by atoms with van der Waals surface area (Å²) in [6.45, 7) is 4.94. The smallest absolute Gasteiger partial charge is 0.0431 e. The van der Waals surface area contributed by atoms with Crippen LogP contribution < -0.4 is 5.32 Å². The van der Waals surface area contributed by atoms with Crippen LogP contribution in [0.25, 0.3) is 0 Å². The average Bonchev–Trinajstić information content (AvgIpc) is 2.57. The van der Waals surface area contributed by atoms with E-state index in [1.807, 2.05) is 0 Å². The minimum atomic E-state index is 0.346. The van der Waals surface area contributed by atoms with E-state index in [9.17, 15) is 0 Å². The zero-order valence-electron chi connectivity index (χ0n) is 16.1. The van der Waals surface area contributed by atoms with Crippen molar-refractivity contribution in [2.45, 2.75) is 116 Å². The summed E-state index contributed by atoms with van der Waals surface area (Å²) >= 11 is 0. The maximum Gasteiger partial charge on any atom is 0.0431 e. The number of hydrogen-bond acceptors (Lipinski definition) is 2. The van der Waals surface area contributed by atoms with E-state index < -0.39 is 0 Å². The summed E-state index contributed by atoms with van der Waals surface area (Å²) in [6, 6.07) is 0. The van der Waals surface area contributed by atoms with E-state index in [0.717, 1.165) is 19.4 Å². The predicted molar refractivity (Wildman–Crippen MR) is 104 cm³/mol. The number of rotatable bonds is 20. The summed E-state index contributed by atoms with van der Waals surface area (Å²) in [5, 5.41) is 12.2. The fourth-order valence-electron chi connectivity index (χ4n) is 3.11. The standard InChI is InChI=1S/C21H45NO/c1-2-3-4-5-6-7-8-9-10-11-12-13-14-16-19-22-20-17-15-18-21-23/h22-23H,2-21H2,1H3. The van der Waals surface area contributed by atoms with Gasteiger partial charge in [0.1, 0.15) is 0 Å². The fourth-order valence-corrected chi connectivity index (χ4v) is 3.11. The Bertz CT molecular complexity index is 176. The fraction of sp³-hybridized carbons (Fsp3) is 1.00. The van der Waals surface area contributed by atoms with Crippen molar-refractivity contribution < 1.29 is 5.11 Å². The van der Waals surface area contributed by atoms with Crippen molar-refractivity contribution in [2.24, 2.45) is 0 Å². The highest BCUT2D eigenvalue weighted by molar-refractivity contribution is 4.52. The van der Waals surface area contributed by atoms with Gasteiger partial charge in [-0.05, 0) is 38.8 Å². The van der Waals surface area contributed by atoms with Gasteiger partial charge in [-0.2, -0.15) is 0 Å². The van der Waals surface area contributed by atoms with E-state index in [1.54, 1.807) is 0 Å². The normalized spacial score (nSPS) is 11.2. The van der Waals surface area contributed by atoms with Gasteiger partial charge in [-0.3, -0.25) is 0 Å².